The lowest BCUT2D eigenvalue weighted by Crippen LogP contribution is -2.18. The van der Waals surface area contributed by atoms with Crippen molar-refractivity contribution in [2.24, 2.45) is 0 Å². The SMILES string of the molecule is CNS(=O)(=O)c1cccc(C=C2C(=O)Nc3ccc(F)cc32)c1. The lowest BCUT2D eigenvalue weighted by Gasteiger charge is -2.04. The first-order valence-electron chi connectivity index (χ1n) is 6.77. The van der Waals surface area contributed by atoms with Crippen molar-refractivity contribution in [1.29, 1.82) is 0 Å². The minimum atomic E-state index is -3.57. The average molecular weight is 332 g/mol. The number of halogens is 1. The number of sulfonamides is 1. The van der Waals surface area contributed by atoms with Gasteiger partial charge in [0, 0.05) is 16.8 Å². The third-order valence-electron chi connectivity index (χ3n) is 3.51. The minimum absolute atomic E-state index is 0.0900. The number of hydrogen-bond acceptors (Lipinski definition) is 3. The predicted octanol–water partition coefficient (Wildman–Crippen LogP) is 2.23. The van der Waals surface area contributed by atoms with Gasteiger partial charge < -0.3 is 5.32 Å². The summed E-state index contributed by atoms with van der Waals surface area (Å²) in [5.41, 5.74) is 1.81. The number of carbonyl (C=O) groups is 1. The van der Waals surface area contributed by atoms with E-state index < -0.39 is 15.8 Å². The summed E-state index contributed by atoms with van der Waals surface area (Å²) < 4.78 is 39.3. The maximum atomic E-state index is 13.4. The molecule has 118 valence electrons. The molecule has 0 aliphatic carbocycles. The van der Waals surface area contributed by atoms with Gasteiger partial charge in [0.05, 0.1) is 4.90 Å². The third-order valence-corrected chi connectivity index (χ3v) is 4.92. The molecule has 0 bridgehead atoms. The Balaban J connectivity index is 2.08. The Bertz CT molecular complexity index is 936. The Labute approximate surface area is 132 Å². The van der Waals surface area contributed by atoms with Crippen LogP contribution in [0.1, 0.15) is 11.1 Å². The van der Waals surface area contributed by atoms with Gasteiger partial charge in [-0.15, -0.1) is 0 Å². The Morgan fingerprint density at radius 3 is 2.70 bits per heavy atom. The normalized spacial score (nSPS) is 15.6. The highest BCUT2D eigenvalue weighted by atomic mass is 32.2. The van der Waals surface area contributed by atoms with Crippen LogP contribution in [-0.4, -0.2) is 21.4 Å². The number of fused-ring (bicyclic) bond motifs is 1. The molecule has 1 heterocycles. The van der Waals surface area contributed by atoms with Gasteiger partial charge in [0.25, 0.3) is 5.91 Å². The summed E-state index contributed by atoms with van der Waals surface area (Å²) in [4.78, 5) is 12.1. The van der Waals surface area contributed by atoms with Crippen LogP contribution < -0.4 is 10.0 Å². The number of anilines is 1. The molecule has 5 nitrogen and oxygen atoms in total. The van der Waals surface area contributed by atoms with Gasteiger partial charge in [-0.25, -0.2) is 17.5 Å². The molecule has 2 N–H and O–H groups in total. The fourth-order valence-electron chi connectivity index (χ4n) is 2.36. The number of amides is 1. The molecule has 1 aliphatic rings. The quantitative estimate of drug-likeness (QED) is 0.847. The van der Waals surface area contributed by atoms with Crippen LogP contribution >= 0.6 is 0 Å². The van der Waals surface area contributed by atoms with E-state index >= 15 is 0 Å². The molecule has 2 aromatic carbocycles. The van der Waals surface area contributed by atoms with Crippen molar-refractivity contribution < 1.29 is 17.6 Å². The standard InChI is InChI=1S/C16H13FN2O3S/c1-18-23(21,22)12-4-2-3-10(7-12)8-14-13-9-11(17)5-6-15(13)19-16(14)20/h2-9,18H,1H3,(H,19,20). The summed E-state index contributed by atoms with van der Waals surface area (Å²) in [6, 6.07) is 10.2. The monoisotopic (exact) mass is 332 g/mol. The summed E-state index contributed by atoms with van der Waals surface area (Å²) in [5, 5.41) is 2.65. The number of hydrogen-bond donors (Lipinski definition) is 2. The Hall–Kier alpha value is -2.51. The second kappa shape index (κ2) is 5.60. The summed E-state index contributed by atoms with van der Waals surface area (Å²) in [6.07, 6.45) is 1.54. The first-order chi connectivity index (χ1) is 10.9. The molecule has 0 spiro atoms. The van der Waals surface area contributed by atoms with Gasteiger partial charge in [0.15, 0.2) is 0 Å². The van der Waals surface area contributed by atoms with Gasteiger partial charge >= 0.3 is 0 Å². The maximum absolute atomic E-state index is 13.4. The summed E-state index contributed by atoms with van der Waals surface area (Å²) in [5.74, 6) is -0.801. The zero-order valence-corrected chi connectivity index (χ0v) is 12.9. The number of carbonyl (C=O) groups excluding carboxylic acids is 1. The van der Waals surface area contributed by atoms with Crippen molar-refractivity contribution in [3.05, 3.63) is 59.4 Å². The molecule has 23 heavy (non-hydrogen) atoms. The summed E-state index contributed by atoms with van der Waals surface area (Å²) in [7, 11) is -2.25. The van der Waals surface area contributed by atoms with E-state index in [2.05, 4.69) is 10.0 Å². The topological polar surface area (TPSA) is 75.3 Å². The molecule has 3 rings (SSSR count). The average Bonchev–Trinajstić information content (AvgIpc) is 2.83. The van der Waals surface area contributed by atoms with Crippen LogP contribution in [-0.2, 0) is 14.8 Å². The van der Waals surface area contributed by atoms with Crippen LogP contribution in [0, 0.1) is 5.82 Å². The number of benzene rings is 2. The minimum Gasteiger partial charge on any atom is -0.321 e. The molecular weight excluding hydrogens is 319 g/mol. The van der Waals surface area contributed by atoms with E-state index in [0.29, 0.717) is 22.4 Å². The van der Waals surface area contributed by atoms with Crippen LogP contribution in [0.25, 0.3) is 11.6 Å². The molecular formula is C16H13FN2O3S. The van der Waals surface area contributed by atoms with Gasteiger partial charge in [-0.05, 0) is 49.0 Å². The van der Waals surface area contributed by atoms with E-state index in [-0.39, 0.29) is 10.8 Å². The van der Waals surface area contributed by atoms with Gasteiger partial charge in [-0.3, -0.25) is 4.79 Å². The predicted molar refractivity (Wildman–Crippen MR) is 85.6 cm³/mol. The van der Waals surface area contributed by atoms with Crippen molar-refractivity contribution in [1.82, 2.24) is 4.72 Å². The molecule has 0 unspecified atom stereocenters. The second-order valence-corrected chi connectivity index (χ2v) is 6.87. The molecule has 2 aromatic rings. The van der Waals surface area contributed by atoms with E-state index in [1.165, 1.54) is 43.5 Å². The van der Waals surface area contributed by atoms with Crippen LogP contribution in [0.4, 0.5) is 10.1 Å². The highest BCUT2D eigenvalue weighted by Crippen LogP contribution is 2.33. The molecule has 0 fully saturated rings. The smallest absolute Gasteiger partial charge is 0.256 e. The van der Waals surface area contributed by atoms with E-state index in [4.69, 9.17) is 0 Å². The molecule has 0 radical (unpaired) electrons. The van der Waals surface area contributed by atoms with Gasteiger partial charge in [0.2, 0.25) is 10.0 Å². The molecule has 0 atom stereocenters. The highest BCUT2D eigenvalue weighted by Gasteiger charge is 2.24. The van der Waals surface area contributed by atoms with E-state index in [0.717, 1.165) is 0 Å². The van der Waals surface area contributed by atoms with Crippen LogP contribution in [0.3, 0.4) is 0 Å². The van der Waals surface area contributed by atoms with Gasteiger partial charge in [0.1, 0.15) is 5.82 Å². The largest absolute Gasteiger partial charge is 0.321 e. The molecule has 0 saturated carbocycles. The second-order valence-electron chi connectivity index (χ2n) is 4.98. The van der Waals surface area contributed by atoms with Crippen LogP contribution in [0.5, 0.6) is 0 Å². The van der Waals surface area contributed by atoms with Crippen molar-refractivity contribution in [3.63, 3.8) is 0 Å². The Morgan fingerprint density at radius 2 is 1.96 bits per heavy atom. The number of rotatable bonds is 3. The Kier molecular flexibility index (Phi) is 3.75. The van der Waals surface area contributed by atoms with Gasteiger partial charge in [-0.1, -0.05) is 12.1 Å². The van der Waals surface area contributed by atoms with Crippen LogP contribution in [0.15, 0.2) is 47.4 Å². The van der Waals surface area contributed by atoms with Crippen molar-refractivity contribution >= 4 is 33.3 Å². The first kappa shape index (κ1) is 15.4. The molecule has 0 saturated heterocycles. The molecule has 1 aliphatic heterocycles. The first-order valence-corrected chi connectivity index (χ1v) is 8.25. The van der Waals surface area contributed by atoms with Gasteiger partial charge in [-0.2, -0.15) is 0 Å². The molecule has 1 amide bonds. The van der Waals surface area contributed by atoms with Crippen molar-refractivity contribution in [2.45, 2.75) is 4.90 Å². The highest BCUT2D eigenvalue weighted by molar-refractivity contribution is 7.89. The zero-order valence-electron chi connectivity index (χ0n) is 12.1. The fraction of sp³-hybridized carbons (Fsp3) is 0.0625. The van der Waals surface area contributed by atoms with E-state index in [1.54, 1.807) is 12.1 Å². The third kappa shape index (κ3) is 2.88. The van der Waals surface area contributed by atoms with E-state index in [1.807, 2.05) is 0 Å². The fourth-order valence-corrected chi connectivity index (χ4v) is 3.14. The lowest BCUT2D eigenvalue weighted by molar-refractivity contribution is -0.110. The lowest BCUT2D eigenvalue weighted by atomic mass is 10.0. The Morgan fingerprint density at radius 1 is 1.17 bits per heavy atom. The van der Waals surface area contributed by atoms with Crippen molar-refractivity contribution in [3.8, 4) is 0 Å². The van der Waals surface area contributed by atoms with Crippen molar-refractivity contribution in [2.75, 3.05) is 12.4 Å². The summed E-state index contributed by atoms with van der Waals surface area (Å²) >= 11 is 0. The zero-order chi connectivity index (χ0) is 16.6. The van der Waals surface area contributed by atoms with Crippen LogP contribution in [0.2, 0.25) is 0 Å². The molecule has 0 aromatic heterocycles. The maximum Gasteiger partial charge on any atom is 0.256 e. The number of nitrogens with one attached hydrogen (secondary N) is 2. The molecule has 7 heteroatoms. The summed E-state index contributed by atoms with van der Waals surface area (Å²) in [6.45, 7) is 0. The van der Waals surface area contributed by atoms with E-state index in [9.17, 15) is 17.6 Å².